The smallest absolute Gasteiger partial charge is 0.348 e. The molecule has 1 aromatic rings. The number of amides is 1. The lowest BCUT2D eigenvalue weighted by molar-refractivity contribution is -0.137. The number of carbonyl (C=O) groups excluding carboxylic acids is 3. The molecule has 0 spiro atoms. The third-order valence-corrected chi connectivity index (χ3v) is 6.18. The molecule has 0 unspecified atom stereocenters. The van der Waals surface area contributed by atoms with Crippen LogP contribution in [-0.2, 0) is 31.9 Å². The summed E-state index contributed by atoms with van der Waals surface area (Å²) in [6.07, 6.45) is 4.53. The molecule has 8 heteroatoms. The fraction of sp³-hybridized carbons (Fsp3) is 0.471. The third kappa shape index (κ3) is 4.24. The van der Waals surface area contributed by atoms with E-state index in [0.717, 1.165) is 19.3 Å². The van der Waals surface area contributed by atoms with Crippen LogP contribution >= 0.6 is 23.1 Å². The number of thioether (sulfide) groups is 1. The summed E-state index contributed by atoms with van der Waals surface area (Å²) in [6.45, 7) is 2.33. The molecule has 0 bridgehead atoms. The number of aryl methyl sites for hydroxylation is 2. The molecular weight excluding hydrogens is 362 g/mol. The molecule has 1 aromatic heterocycles. The highest BCUT2D eigenvalue weighted by atomic mass is 32.2. The highest BCUT2D eigenvalue weighted by Gasteiger charge is 2.28. The van der Waals surface area contributed by atoms with E-state index >= 15 is 0 Å². The van der Waals surface area contributed by atoms with Crippen LogP contribution < -0.4 is 0 Å². The van der Waals surface area contributed by atoms with Gasteiger partial charge in [-0.25, -0.2) is 9.59 Å². The number of thiophene rings is 1. The Labute approximate surface area is 154 Å². The number of nitrogens with zero attached hydrogens (tertiary/aromatic N) is 1. The predicted octanol–water partition coefficient (Wildman–Crippen LogP) is 2.37. The minimum absolute atomic E-state index is 0.0911. The quantitative estimate of drug-likeness (QED) is 0.556. The SMILES string of the molecule is CCOC(=O)C=C1SCC(=O)N1CCOC(=O)c1cc2c(s1)CCC2. The summed E-state index contributed by atoms with van der Waals surface area (Å²) in [4.78, 5) is 39.0. The van der Waals surface area contributed by atoms with Crippen LogP contribution in [0.15, 0.2) is 17.2 Å². The molecule has 1 fully saturated rings. The van der Waals surface area contributed by atoms with Gasteiger partial charge in [-0.15, -0.1) is 11.3 Å². The molecule has 0 N–H and O–H groups in total. The van der Waals surface area contributed by atoms with E-state index in [-0.39, 0.29) is 37.4 Å². The van der Waals surface area contributed by atoms with Crippen LogP contribution in [0.4, 0.5) is 0 Å². The molecule has 0 saturated carbocycles. The lowest BCUT2D eigenvalue weighted by Gasteiger charge is -2.16. The minimum Gasteiger partial charge on any atom is -0.463 e. The zero-order chi connectivity index (χ0) is 17.8. The second-order valence-corrected chi connectivity index (χ2v) is 7.75. The van der Waals surface area contributed by atoms with Crippen molar-refractivity contribution in [3.63, 3.8) is 0 Å². The number of esters is 2. The molecule has 2 aliphatic rings. The molecule has 3 rings (SSSR count). The van der Waals surface area contributed by atoms with Gasteiger partial charge in [-0.05, 0) is 37.8 Å². The summed E-state index contributed by atoms with van der Waals surface area (Å²) >= 11 is 2.78. The Balaban J connectivity index is 1.53. The fourth-order valence-electron chi connectivity index (χ4n) is 2.78. The van der Waals surface area contributed by atoms with Gasteiger partial charge in [-0.2, -0.15) is 0 Å². The number of carbonyl (C=O) groups is 3. The van der Waals surface area contributed by atoms with Gasteiger partial charge in [0.1, 0.15) is 11.5 Å². The summed E-state index contributed by atoms with van der Waals surface area (Å²) in [7, 11) is 0. The van der Waals surface area contributed by atoms with Gasteiger partial charge in [0.15, 0.2) is 0 Å². The molecule has 0 aromatic carbocycles. The van der Waals surface area contributed by atoms with Crippen LogP contribution in [0.2, 0.25) is 0 Å². The Bertz CT molecular complexity index is 703. The topological polar surface area (TPSA) is 72.9 Å². The normalized spacial score (nSPS) is 17.9. The molecule has 0 atom stereocenters. The second-order valence-electron chi connectivity index (χ2n) is 5.62. The maximum atomic E-state index is 12.1. The van der Waals surface area contributed by atoms with E-state index < -0.39 is 5.97 Å². The molecule has 25 heavy (non-hydrogen) atoms. The number of fused-ring (bicyclic) bond motifs is 1. The molecule has 2 heterocycles. The van der Waals surface area contributed by atoms with Gasteiger partial charge in [0.2, 0.25) is 5.91 Å². The lowest BCUT2D eigenvalue weighted by Crippen LogP contribution is -2.29. The summed E-state index contributed by atoms with van der Waals surface area (Å²) < 4.78 is 10.2. The highest BCUT2D eigenvalue weighted by Crippen LogP contribution is 2.31. The standard InChI is InChI=1S/C17H19NO5S2/c1-2-22-16(20)9-15-18(14(19)10-24-15)6-7-23-17(21)13-8-11-4-3-5-12(11)25-13/h8-9H,2-7,10H2,1H3. The van der Waals surface area contributed by atoms with Crippen LogP contribution in [0.3, 0.4) is 0 Å². The van der Waals surface area contributed by atoms with E-state index in [9.17, 15) is 14.4 Å². The molecule has 1 amide bonds. The van der Waals surface area contributed by atoms with E-state index in [0.29, 0.717) is 9.91 Å². The van der Waals surface area contributed by atoms with Crippen molar-refractivity contribution < 1.29 is 23.9 Å². The molecule has 1 saturated heterocycles. The maximum absolute atomic E-state index is 12.1. The summed E-state index contributed by atoms with van der Waals surface area (Å²) in [6, 6.07) is 1.91. The highest BCUT2D eigenvalue weighted by molar-refractivity contribution is 8.04. The molecule has 1 aliphatic carbocycles. The Morgan fingerprint density at radius 1 is 1.32 bits per heavy atom. The zero-order valence-corrected chi connectivity index (χ0v) is 15.5. The van der Waals surface area contributed by atoms with Crippen LogP contribution in [-0.4, -0.2) is 48.3 Å². The van der Waals surface area contributed by atoms with Crippen molar-refractivity contribution >= 4 is 40.9 Å². The average Bonchev–Trinajstić information content (AvgIpc) is 3.24. The zero-order valence-electron chi connectivity index (χ0n) is 13.9. The van der Waals surface area contributed by atoms with Gasteiger partial charge in [0.25, 0.3) is 0 Å². The molecule has 0 radical (unpaired) electrons. The average molecular weight is 381 g/mol. The van der Waals surface area contributed by atoms with E-state index in [4.69, 9.17) is 9.47 Å². The van der Waals surface area contributed by atoms with Gasteiger partial charge in [0.05, 0.1) is 30.0 Å². The van der Waals surface area contributed by atoms with Crippen LogP contribution in [0, 0.1) is 0 Å². The number of hydrogen-bond acceptors (Lipinski definition) is 7. The Kier molecular flexibility index (Phi) is 5.80. The van der Waals surface area contributed by atoms with E-state index in [1.165, 1.54) is 44.5 Å². The van der Waals surface area contributed by atoms with Gasteiger partial charge in [-0.1, -0.05) is 11.8 Å². The summed E-state index contributed by atoms with van der Waals surface area (Å²) in [5, 5.41) is 0.537. The van der Waals surface area contributed by atoms with E-state index in [1.807, 2.05) is 6.07 Å². The Morgan fingerprint density at radius 2 is 2.16 bits per heavy atom. The van der Waals surface area contributed by atoms with Gasteiger partial charge in [0, 0.05) is 4.88 Å². The first-order chi connectivity index (χ1) is 12.1. The number of rotatable bonds is 6. The number of hydrogen-bond donors (Lipinski definition) is 0. The first kappa shape index (κ1) is 18.0. The third-order valence-electron chi connectivity index (χ3n) is 3.93. The van der Waals surface area contributed by atoms with E-state index in [2.05, 4.69) is 0 Å². The first-order valence-electron chi connectivity index (χ1n) is 8.18. The van der Waals surface area contributed by atoms with Crippen molar-refractivity contribution in [1.82, 2.24) is 4.90 Å². The van der Waals surface area contributed by atoms with Gasteiger partial charge >= 0.3 is 11.9 Å². The molecule has 6 nitrogen and oxygen atoms in total. The largest absolute Gasteiger partial charge is 0.463 e. The van der Waals surface area contributed by atoms with Crippen LogP contribution in [0.25, 0.3) is 0 Å². The lowest BCUT2D eigenvalue weighted by atomic mass is 10.2. The van der Waals surface area contributed by atoms with Crippen molar-refractivity contribution in [3.05, 3.63) is 32.5 Å². The summed E-state index contributed by atoms with van der Waals surface area (Å²) in [5.74, 6) is -0.660. The van der Waals surface area contributed by atoms with Crippen molar-refractivity contribution in [3.8, 4) is 0 Å². The van der Waals surface area contributed by atoms with E-state index in [1.54, 1.807) is 6.92 Å². The first-order valence-corrected chi connectivity index (χ1v) is 9.99. The van der Waals surface area contributed by atoms with Crippen molar-refractivity contribution in [2.75, 3.05) is 25.5 Å². The molecular formula is C17H19NO5S2. The second kappa shape index (κ2) is 8.05. The molecule has 134 valence electrons. The maximum Gasteiger partial charge on any atom is 0.348 e. The van der Waals surface area contributed by atoms with Crippen molar-refractivity contribution in [2.24, 2.45) is 0 Å². The van der Waals surface area contributed by atoms with Crippen molar-refractivity contribution in [2.45, 2.75) is 26.2 Å². The predicted molar refractivity (Wildman–Crippen MR) is 95.5 cm³/mol. The van der Waals surface area contributed by atoms with Gasteiger partial charge in [-0.3, -0.25) is 4.79 Å². The van der Waals surface area contributed by atoms with Crippen molar-refractivity contribution in [1.29, 1.82) is 0 Å². The van der Waals surface area contributed by atoms with Crippen LogP contribution in [0.5, 0.6) is 0 Å². The number of ether oxygens (including phenoxy) is 2. The fourth-order valence-corrected chi connectivity index (χ4v) is 4.89. The summed E-state index contributed by atoms with van der Waals surface area (Å²) in [5.41, 5.74) is 1.25. The minimum atomic E-state index is -0.477. The van der Waals surface area contributed by atoms with Gasteiger partial charge < -0.3 is 14.4 Å². The van der Waals surface area contributed by atoms with Crippen LogP contribution in [0.1, 0.15) is 33.5 Å². The monoisotopic (exact) mass is 381 g/mol. The Hall–Kier alpha value is -1.80. The molecule has 1 aliphatic heterocycles. The Morgan fingerprint density at radius 3 is 2.92 bits per heavy atom.